The molecule has 1 saturated carbocycles. The van der Waals surface area contributed by atoms with E-state index in [4.69, 9.17) is 10.8 Å². The van der Waals surface area contributed by atoms with Crippen LogP contribution < -0.4 is 5.73 Å². The Bertz CT molecular complexity index is 95.1. The molecular formula is C6H14ClNO. The molecule has 0 aromatic carbocycles. The van der Waals surface area contributed by atoms with Crippen LogP contribution in [0.2, 0.25) is 0 Å². The summed E-state index contributed by atoms with van der Waals surface area (Å²) in [5.41, 5.74) is 5.66. The lowest BCUT2D eigenvalue weighted by Crippen LogP contribution is -2.50. The van der Waals surface area contributed by atoms with Gasteiger partial charge in [-0.1, -0.05) is 6.92 Å². The molecular weight excluding hydrogens is 138 g/mol. The third-order valence-corrected chi connectivity index (χ3v) is 2.28. The molecule has 3 heteroatoms. The lowest BCUT2D eigenvalue weighted by atomic mass is 9.67. The molecule has 0 bridgehead atoms. The van der Waals surface area contributed by atoms with Gasteiger partial charge in [-0.15, -0.1) is 12.4 Å². The summed E-state index contributed by atoms with van der Waals surface area (Å²) in [6, 6.07) is 0.243. The Morgan fingerprint density at radius 2 is 2.33 bits per heavy atom. The Balaban J connectivity index is 0.000000640. The van der Waals surface area contributed by atoms with Gasteiger partial charge in [0.05, 0.1) is 0 Å². The van der Waals surface area contributed by atoms with E-state index in [1.165, 1.54) is 0 Å². The second-order valence-corrected chi connectivity index (χ2v) is 2.96. The molecule has 0 aliphatic heterocycles. The van der Waals surface area contributed by atoms with Crippen LogP contribution in [0.3, 0.4) is 0 Å². The van der Waals surface area contributed by atoms with E-state index in [0.29, 0.717) is 0 Å². The molecule has 1 aliphatic carbocycles. The first-order valence-electron chi connectivity index (χ1n) is 3.05. The molecule has 0 amide bonds. The number of halogens is 1. The normalized spacial score (nSPS) is 41.0. The first-order chi connectivity index (χ1) is 3.69. The Labute approximate surface area is 61.8 Å². The number of hydrogen-bond acceptors (Lipinski definition) is 2. The van der Waals surface area contributed by atoms with Gasteiger partial charge >= 0.3 is 0 Å². The Hall–Kier alpha value is 0.210. The van der Waals surface area contributed by atoms with Crippen molar-refractivity contribution >= 4 is 12.4 Å². The first kappa shape index (κ1) is 9.21. The van der Waals surface area contributed by atoms with E-state index < -0.39 is 0 Å². The average Bonchev–Trinajstić information content (AvgIpc) is 1.83. The molecule has 0 spiro atoms. The molecule has 1 fully saturated rings. The lowest BCUT2D eigenvalue weighted by molar-refractivity contribution is 0.0379. The van der Waals surface area contributed by atoms with Crippen LogP contribution >= 0.6 is 12.4 Å². The van der Waals surface area contributed by atoms with E-state index in [2.05, 4.69) is 0 Å². The fraction of sp³-hybridized carbons (Fsp3) is 1.00. The van der Waals surface area contributed by atoms with Gasteiger partial charge in [0.25, 0.3) is 0 Å². The third-order valence-electron chi connectivity index (χ3n) is 2.28. The molecule has 3 N–H and O–H groups in total. The zero-order valence-corrected chi connectivity index (χ0v) is 6.45. The van der Waals surface area contributed by atoms with Crippen molar-refractivity contribution in [2.45, 2.75) is 25.8 Å². The van der Waals surface area contributed by atoms with Crippen LogP contribution in [0.5, 0.6) is 0 Å². The largest absolute Gasteiger partial charge is 0.396 e. The van der Waals surface area contributed by atoms with Crippen molar-refractivity contribution in [1.82, 2.24) is 0 Å². The van der Waals surface area contributed by atoms with E-state index in [-0.39, 0.29) is 30.5 Å². The Morgan fingerprint density at radius 1 is 1.78 bits per heavy atom. The maximum absolute atomic E-state index is 8.74. The molecule has 9 heavy (non-hydrogen) atoms. The number of hydrogen-bond donors (Lipinski definition) is 2. The molecule has 2 unspecified atom stereocenters. The molecule has 0 aromatic rings. The van der Waals surface area contributed by atoms with Crippen LogP contribution in [0.1, 0.15) is 19.8 Å². The fourth-order valence-corrected chi connectivity index (χ4v) is 1.00. The van der Waals surface area contributed by atoms with Crippen LogP contribution in [0.25, 0.3) is 0 Å². The van der Waals surface area contributed by atoms with Gasteiger partial charge in [-0.2, -0.15) is 0 Å². The zero-order valence-electron chi connectivity index (χ0n) is 5.63. The molecule has 0 saturated heterocycles. The summed E-state index contributed by atoms with van der Waals surface area (Å²) in [6.45, 7) is 2.27. The summed E-state index contributed by atoms with van der Waals surface area (Å²) in [4.78, 5) is 0. The van der Waals surface area contributed by atoms with Crippen LogP contribution in [-0.2, 0) is 0 Å². The predicted molar refractivity (Wildman–Crippen MR) is 39.7 cm³/mol. The molecule has 0 heterocycles. The maximum Gasteiger partial charge on any atom is 0.0499 e. The predicted octanol–water partition coefficient (Wildman–Crippen LogP) is 0.528. The van der Waals surface area contributed by atoms with Crippen molar-refractivity contribution in [3.05, 3.63) is 0 Å². The van der Waals surface area contributed by atoms with Crippen molar-refractivity contribution in [3.8, 4) is 0 Å². The van der Waals surface area contributed by atoms with E-state index in [1.54, 1.807) is 0 Å². The summed E-state index contributed by atoms with van der Waals surface area (Å²) >= 11 is 0. The molecule has 2 nitrogen and oxygen atoms in total. The minimum absolute atomic E-state index is 0. The first-order valence-corrected chi connectivity index (χ1v) is 3.05. The molecule has 0 aromatic heterocycles. The zero-order chi connectivity index (χ0) is 6.20. The summed E-state index contributed by atoms with van der Waals surface area (Å²) in [5, 5.41) is 8.74. The van der Waals surface area contributed by atoms with Gasteiger partial charge in [-0.25, -0.2) is 0 Å². The van der Waals surface area contributed by atoms with Crippen molar-refractivity contribution in [2.24, 2.45) is 11.1 Å². The van der Waals surface area contributed by atoms with Crippen molar-refractivity contribution in [1.29, 1.82) is 0 Å². The Morgan fingerprint density at radius 3 is 2.33 bits per heavy atom. The lowest BCUT2D eigenvalue weighted by Gasteiger charge is -2.43. The van der Waals surface area contributed by atoms with E-state index >= 15 is 0 Å². The number of rotatable bonds is 1. The van der Waals surface area contributed by atoms with Gasteiger partial charge in [0.15, 0.2) is 0 Å². The van der Waals surface area contributed by atoms with Gasteiger partial charge in [0.2, 0.25) is 0 Å². The minimum Gasteiger partial charge on any atom is -0.396 e. The summed E-state index contributed by atoms with van der Waals surface area (Å²) in [7, 11) is 0. The molecule has 0 radical (unpaired) electrons. The minimum atomic E-state index is 0. The highest BCUT2D eigenvalue weighted by Gasteiger charge is 2.39. The quantitative estimate of drug-likeness (QED) is 0.575. The molecule has 1 rings (SSSR count). The highest BCUT2D eigenvalue weighted by molar-refractivity contribution is 5.85. The van der Waals surface area contributed by atoms with Gasteiger partial charge in [-0.05, 0) is 12.8 Å². The molecule has 1 aliphatic rings. The Kier molecular flexibility index (Phi) is 2.93. The van der Waals surface area contributed by atoms with E-state index in [1.807, 2.05) is 6.92 Å². The van der Waals surface area contributed by atoms with Gasteiger partial charge in [0.1, 0.15) is 0 Å². The number of aliphatic hydroxyl groups is 1. The van der Waals surface area contributed by atoms with Crippen LogP contribution in [0.15, 0.2) is 0 Å². The van der Waals surface area contributed by atoms with Crippen LogP contribution in [-0.4, -0.2) is 17.8 Å². The number of nitrogens with two attached hydrogens (primary N) is 1. The molecule has 56 valence electrons. The van der Waals surface area contributed by atoms with Crippen LogP contribution in [0.4, 0.5) is 0 Å². The van der Waals surface area contributed by atoms with E-state index in [0.717, 1.165) is 12.8 Å². The standard InChI is InChI=1S/C6H13NO.ClH/c1-6(4-8)3-2-5(6)7;/h5,8H,2-4,7H2,1H3;1H. The summed E-state index contributed by atoms with van der Waals surface area (Å²) < 4.78 is 0. The second kappa shape index (κ2) is 2.86. The maximum atomic E-state index is 8.74. The van der Waals surface area contributed by atoms with Gasteiger partial charge < -0.3 is 10.8 Å². The summed E-state index contributed by atoms with van der Waals surface area (Å²) in [6.07, 6.45) is 2.17. The van der Waals surface area contributed by atoms with E-state index in [9.17, 15) is 0 Å². The second-order valence-electron chi connectivity index (χ2n) is 2.96. The number of aliphatic hydroxyl groups excluding tert-OH is 1. The highest BCUT2D eigenvalue weighted by Crippen LogP contribution is 2.38. The summed E-state index contributed by atoms with van der Waals surface area (Å²) in [5.74, 6) is 0. The van der Waals surface area contributed by atoms with Gasteiger partial charge in [-0.3, -0.25) is 0 Å². The van der Waals surface area contributed by atoms with Crippen molar-refractivity contribution in [3.63, 3.8) is 0 Å². The molecule has 2 atom stereocenters. The fourth-order valence-electron chi connectivity index (χ4n) is 1.00. The highest BCUT2D eigenvalue weighted by atomic mass is 35.5. The average molecular weight is 152 g/mol. The van der Waals surface area contributed by atoms with Gasteiger partial charge in [0, 0.05) is 18.1 Å². The topological polar surface area (TPSA) is 46.2 Å². The SMILES string of the molecule is CC1(CO)CCC1N.Cl. The monoisotopic (exact) mass is 151 g/mol. The van der Waals surface area contributed by atoms with Crippen molar-refractivity contribution < 1.29 is 5.11 Å². The van der Waals surface area contributed by atoms with Crippen molar-refractivity contribution in [2.75, 3.05) is 6.61 Å². The van der Waals surface area contributed by atoms with Crippen LogP contribution in [0, 0.1) is 5.41 Å². The third kappa shape index (κ3) is 1.37. The smallest absolute Gasteiger partial charge is 0.0499 e.